The highest BCUT2D eigenvalue weighted by Gasteiger charge is 2.20. The molecule has 0 radical (unpaired) electrons. The van der Waals surface area contributed by atoms with Crippen molar-refractivity contribution < 1.29 is 31.9 Å². The molecule has 0 aliphatic heterocycles. The molecule has 0 saturated carbocycles. The Morgan fingerprint density at radius 3 is 2.36 bits per heavy atom. The number of ether oxygens (including phenoxy) is 2. The highest BCUT2D eigenvalue weighted by atomic mass is 32.2. The summed E-state index contributed by atoms with van der Waals surface area (Å²) in [6.07, 6.45) is 0. The molecule has 28 heavy (non-hydrogen) atoms. The zero-order valence-corrected chi connectivity index (χ0v) is 16.0. The first-order chi connectivity index (χ1) is 13.1. The minimum absolute atomic E-state index is 0.0736. The van der Waals surface area contributed by atoms with Crippen LogP contribution in [0.5, 0.6) is 5.75 Å². The first-order valence-corrected chi connectivity index (χ1v) is 9.53. The number of primary sulfonamides is 1. The van der Waals surface area contributed by atoms with Crippen LogP contribution in [0.3, 0.4) is 0 Å². The van der Waals surface area contributed by atoms with E-state index in [0.717, 1.165) is 6.07 Å². The lowest BCUT2D eigenvalue weighted by Gasteiger charge is -2.17. The number of rotatable bonds is 7. The van der Waals surface area contributed by atoms with Gasteiger partial charge in [-0.3, -0.25) is 4.79 Å². The topological polar surface area (TPSA) is 116 Å². The van der Waals surface area contributed by atoms with Crippen LogP contribution in [0, 0.1) is 5.82 Å². The second kappa shape index (κ2) is 8.81. The molecule has 0 bridgehead atoms. The zero-order chi connectivity index (χ0) is 20.9. The minimum atomic E-state index is -4.03. The van der Waals surface area contributed by atoms with Crippen LogP contribution in [0.15, 0.2) is 47.4 Å². The predicted octanol–water partition coefficient (Wildman–Crippen LogP) is 1.30. The van der Waals surface area contributed by atoms with Crippen LogP contribution in [-0.2, 0) is 26.1 Å². The van der Waals surface area contributed by atoms with E-state index in [1.807, 2.05) is 0 Å². The number of halogens is 1. The van der Waals surface area contributed by atoms with Crippen LogP contribution in [0.1, 0.15) is 15.9 Å². The Hall–Kier alpha value is -2.98. The monoisotopic (exact) mass is 410 g/mol. The molecule has 0 unspecified atom stereocenters. The lowest BCUT2D eigenvalue weighted by atomic mass is 10.2. The van der Waals surface area contributed by atoms with E-state index in [1.54, 1.807) is 0 Å². The third-order valence-corrected chi connectivity index (χ3v) is 4.72. The average Bonchev–Trinajstić information content (AvgIpc) is 2.66. The number of carbonyl (C=O) groups is 2. The first-order valence-electron chi connectivity index (χ1n) is 7.98. The minimum Gasteiger partial charge on any atom is -0.496 e. The highest BCUT2D eigenvalue weighted by Crippen LogP contribution is 2.22. The third kappa shape index (κ3) is 5.51. The number of carbonyl (C=O) groups excluding carboxylic acids is 2. The van der Waals surface area contributed by atoms with E-state index in [0.29, 0.717) is 5.56 Å². The molecule has 10 heteroatoms. The van der Waals surface area contributed by atoms with Crippen molar-refractivity contribution in [1.82, 2.24) is 4.90 Å². The molecule has 0 saturated heterocycles. The molecule has 0 aromatic heterocycles. The van der Waals surface area contributed by atoms with Crippen LogP contribution in [0.25, 0.3) is 0 Å². The Balaban J connectivity index is 2.04. The summed E-state index contributed by atoms with van der Waals surface area (Å²) in [4.78, 5) is 25.4. The van der Waals surface area contributed by atoms with Gasteiger partial charge in [-0.25, -0.2) is 22.7 Å². The van der Waals surface area contributed by atoms with Crippen LogP contribution in [-0.4, -0.2) is 46.0 Å². The van der Waals surface area contributed by atoms with Gasteiger partial charge in [-0.1, -0.05) is 12.1 Å². The number of hydrogen-bond donors (Lipinski definition) is 1. The van der Waals surface area contributed by atoms with Gasteiger partial charge in [0.2, 0.25) is 10.0 Å². The van der Waals surface area contributed by atoms with E-state index in [1.165, 1.54) is 55.5 Å². The van der Waals surface area contributed by atoms with Gasteiger partial charge in [-0.2, -0.15) is 0 Å². The van der Waals surface area contributed by atoms with Gasteiger partial charge in [0.05, 0.1) is 12.0 Å². The summed E-state index contributed by atoms with van der Waals surface area (Å²) in [5.41, 5.74) is 0.522. The standard InChI is InChI=1S/C18H19FN2O6S/c1-21(10-12-3-5-13(19)6-4-12)17(22)11-27-18(23)15-9-14(28(20,24)25)7-8-16(15)26-2/h3-9H,10-11H2,1-2H3,(H2,20,24,25). The first kappa shape index (κ1) is 21.3. The van der Waals surface area contributed by atoms with Crippen LogP contribution >= 0.6 is 0 Å². The number of esters is 1. The van der Waals surface area contributed by atoms with Crippen LogP contribution in [0.2, 0.25) is 0 Å². The van der Waals surface area contributed by atoms with Gasteiger partial charge in [0, 0.05) is 13.6 Å². The van der Waals surface area contributed by atoms with Gasteiger partial charge in [0.15, 0.2) is 6.61 Å². The second-order valence-corrected chi connectivity index (χ2v) is 7.42. The quantitative estimate of drug-likeness (QED) is 0.688. The summed E-state index contributed by atoms with van der Waals surface area (Å²) in [6.45, 7) is -0.375. The summed E-state index contributed by atoms with van der Waals surface area (Å²) < 4.78 is 45.8. The Kier molecular flexibility index (Phi) is 6.71. The molecular weight excluding hydrogens is 391 g/mol. The molecule has 0 aliphatic rings. The molecule has 150 valence electrons. The van der Waals surface area contributed by atoms with Gasteiger partial charge < -0.3 is 14.4 Å². The number of benzene rings is 2. The molecule has 0 spiro atoms. The predicted molar refractivity (Wildman–Crippen MR) is 97.5 cm³/mol. The molecule has 2 aromatic rings. The fraction of sp³-hybridized carbons (Fsp3) is 0.222. The zero-order valence-electron chi connectivity index (χ0n) is 15.2. The second-order valence-electron chi connectivity index (χ2n) is 5.86. The summed E-state index contributed by atoms with van der Waals surface area (Å²) in [7, 11) is -1.23. The van der Waals surface area contributed by atoms with Crippen molar-refractivity contribution in [2.45, 2.75) is 11.4 Å². The van der Waals surface area contributed by atoms with E-state index >= 15 is 0 Å². The van der Waals surface area contributed by atoms with E-state index in [-0.39, 0.29) is 28.6 Å². The highest BCUT2D eigenvalue weighted by molar-refractivity contribution is 7.89. The van der Waals surface area contributed by atoms with E-state index in [4.69, 9.17) is 14.6 Å². The maximum Gasteiger partial charge on any atom is 0.342 e. The summed E-state index contributed by atoms with van der Waals surface area (Å²) in [5.74, 6) is -1.75. The van der Waals surface area contributed by atoms with Gasteiger partial charge in [-0.05, 0) is 35.9 Å². The largest absolute Gasteiger partial charge is 0.496 e. The summed E-state index contributed by atoms with van der Waals surface area (Å²) in [5, 5.41) is 5.06. The molecule has 0 atom stereocenters. The molecular formula is C18H19FN2O6S. The van der Waals surface area contributed by atoms with E-state index in [9.17, 15) is 22.4 Å². The molecule has 2 N–H and O–H groups in total. The lowest BCUT2D eigenvalue weighted by molar-refractivity contribution is -0.133. The van der Waals surface area contributed by atoms with Crippen molar-refractivity contribution in [2.75, 3.05) is 20.8 Å². The van der Waals surface area contributed by atoms with Crippen molar-refractivity contribution in [3.8, 4) is 5.75 Å². The SMILES string of the molecule is COc1ccc(S(N)(=O)=O)cc1C(=O)OCC(=O)N(C)Cc1ccc(F)cc1. The Morgan fingerprint density at radius 1 is 1.14 bits per heavy atom. The van der Waals surface area contributed by atoms with Gasteiger partial charge in [-0.15, -0.1) is 0 Å². The Labute approximate surface area is 161 Å². The number of nitrogens with two attached hydrogens (primary N) is 1. The van der Waals surface area contributed by atoms with E-state index in [2.05, 4.69) is 0 Å². The number of likely N-dealkylation sites (N-methyl/N-ethyl adjacent to an activating group) is 1. The molecule has 2 rings (SSSR count). The van der Waals surface area contributed by atoms with Gasteiger partial charge in [0.25, 0.3) is 5.91 Å². The lowest BCUT2D eigenvalue weighted by Crippen LogP contribution is -2.31. The number of nitrogens with zero attached hydrogens (tertiary/aromatic N) is 1. The normalized spacial score (nSPS) is 11.0. The van der Waals surface area contributed by atoms with E-state index < -0.39 is 28.5 Å². The fourth-order valence-electron chi connectivity index (χ4n) is 2.29. The number of amides is 1. The number of hydrogen-bond acceptors (Lipinski definition) is 6. The van der Waals surface area contributed by atoms with Crippen molar-refractivity contribution in [3.63, 3.8) is 0 Å². The van der Waals surface area contributed by atoms with Crippen LogP contribution in [0.4, 0.5) is 4.39 Å². The molecule has 0 fully saturated rings. The summed E-state index contributed by atoms with van der Waals surface area (Å²) in [6, 6.07) is 9.09. The van der Waals surface area contributed by atoms with Crippen molar-refractivity contribution in [2.24, 2.45) is 5.14 Å². The maximum absolute atomic E-state index is 12.9. The smallest absolute Gasteiger partial charge is 0.342 e. The molecule has 1 amide bonds. The van der Waals surface area contributed by atoms with Crippen molar-refractivity contribution in [3.05, 3.63) is 59.4 Å². The molecule has 8 nitrogen and oxygen atoms in total. The third-order valence-electron chi connectivity index (χ3n) is 3.80. The van der Waals surface area contributed by atoms with Crippen LogP contribution < -0.4 is 9.88 Å². The van der Waals surface area contributed by atoms with Gasteiger partial charge in [0.1, 0.15) is 17.1 Å². The average molecular weight is 410 g/mol. The number of methoxy groups -OCH3 is 1. The molecule has 2 aromatic carbocycles. The Bertz CT molecular complexity index is 976. The number of sulfonamides is 1. The molecule has 0 aliphatic carbocycles. The van der Waals surface area contributed by atoms with Gasteiger partial charge >= 0.3 is 5.97 Å². The molecule has 0 heterocycles. The van der Waals surface area contributed by atoms with Crippen molar-refractivity contribution >= 4 is 21.9 Å². The fourth-order valence-corrected chi connectivity index (χ4v) is 2.83. The van der Waals surface area contributed by atoms with Crippen molar-refractivity contribution in [1.29, 1.82) is 0 Å². The Morgan fingerprint density at radius 2 is 1.79 bits per heavy atom. The summed E-state index contributed by atoms with van der Waals surface area (Å²) >= 11 is 0. The maximum atomic E-state index is 12.9.